The molecule has 0 amide bonds. The van der Waals surface area contributed by atoms with Crippen molar-refractivity contribution in [2.24, 2.45) is 0 Å². The molecule has 0 bridgehead atoms. The monoisotopic (exact) mass is 456 g/mol. The van der Waals surface area contributed by atoms with Crippen molar-refractivity contribution >= 4 is 33.5 Å². The average molecular weight is 456 g/mol. The summed E-state index contributed by atoms with van der Waals surface area (Å²) in [6, 6.07) is 29.5. The van der Waals surface area contributed by atoms with E-state index in [1.807, 2.05) is 84.9 Å². The van der Waals surface area contributed by atoms with Crippen molar-refractivity contribution in [3.8, 4) is 24.1 Å². The second kappa shape index (κ2) is 9.70. The van der Waals surface area contributed by atoms with E-state index in [1.165, 1.54) is 12.1 Å². The molecule has 0 fully saturated rings. The molecule has 1 heterocycles. The van der Waals surface area contributed by atoms with Crippen molar-refractivity contribution in [1.82, 2.24) is 0 Å². The second-order valence-corrected chi connectivity index (χ2v) is 7.45. The summed E-state index contributed by atoms with van der Waals surface area (Å²) in [5.41, 5.74) is 1.45. The van der Waals surface area contributed by atoms with Crippen LogP contribution >= 0.6 is 0 Å². The van der Waals surface area contributed by atoms with E-state index in [0.717, 1.165) is 32.7 Å². The van der Waals surface area contributed by atoms with Crippen LogP contribution in [-0.2, 0) is 9.47 Å². The molecular weight excluding hydrogens is 440 g/mol. The van der Waals surface area contributed by atoms with E-state index < -0.39 is 11.9 Å². The Balaban J connectivity index is 1.24. The molecular formula is C30H16O5. The lowest BCUT2D eigenvalue weighted by atomic mass is 10.1. The first-order chi connectivity index (χ1) is 17.2. The Labute approximate surface area is 200 Å². The van der Waals surface area contributed by atoms with Gasteiger partial charge in [0.1, 0.15) is 12.2 Å². The smallest absolute Gasteiger partial charge is 0.388 e. The molecule has 0 atom stereocenters. The number of benzene rings is 4. The fraction of sp³-hybridized carbons (Fsp3) is 0. The molecule has 0 radical (unpaired) electrons. The maximum atomic E-state index is 12.3. The first-order valence-electron chi connectivity index (χ1n) is 10.7. The van der Waals surface area contributed by atoms with Crippen molar-refractivity contribution in [3.63, 3.8) is 0 Å². The Morgan fingerprint density at radius 3 is 1.46 bits per heavy atom. The van der Waals surface area contributed by atoms with E-state index in [2.05, 4.69) is 24.1 Å². The highest BCUT2D eigenvalue weighted by Gasteiger charge is 2.17. The lowest BCUT2D eigenvalue weighted by Gasteiger charge is -1.99. The zero-order chi connectivity index (χ0) is 24.0. The maximum Gasteiger partial charge on any atom is 0.388 e. The SMILES string of the molecule is O=C(OC#Cc1cccc2ccccc12)c1ccc(C(=O)OC#Cc2cccc3ccccc23)o1. The van der Waals surface area contributed by atoms with Crippen LogP contribution < -0.4 is 0 Å². The topological polar surface area (TPSA) is 65.7 Å². The van der Waals surface area contributed by atoms with Gasteiger partial charge in [0.2, 0.25) is 11.5 Å². The Morgan fingerprint density at radius 1 is 0.543 bits per heavy atom. The standard InChI is InChI=1S/C30H16O5/c31-29(33-19-17-23-11-5-9-21-7-1-3-13-25(21)23)27-15-16-28(35-27)30(32)34-20-18-24-12-6-10-22-8-2-4-14-26(22)24/h1-16H. The Hall–Kier alpha value is -5.26. The van der Waals surface area contributed by atoms with Crippen LogP contribution in [0, 0.1) is 24.1 Å². The molecule has 0 spiro atoms. The molecule has 5 aromatic rings. The van der Waals surface area contributed by atoms with Crippen LogP contribution in [0.1, 0.15) is 32.2 Å². The average Bonchev–Trinajstić information content (AvgIpc) is 3.40. The van der Waals surface area contributed by atoms with E-state index >= 15 is 0 Å². The van der Waals surface area contributed by atoms with Gasteiger partial charge >= 0.3 is 11.9 Å². The molecule has 5 heteroatoms. The van der Waals surface area contributed by atoms with E-state index in [9.17, 15) is 9.59 Å². The fourth-order valence-electron chi connectivity index (χ4n) is 3.58. The largest absolute Gasteiger partial charge is 0.442 e. The quantitative estimate of drug-likeness (QED) is 0.244. The summed E-state index contributed by atoms with van der Waals surface area (Å²) in [6.45, 7) is 0. The van der Waals surface area contributed by atoms with Gasteiger partial charge in [0.25, 0.3) is 0 Å². The Kier molecular flexibility index (Phi) is 5.98. The fourth-order valence-corrected chi connectivity index (χ4v) is 3.58. The van der Waals surface area contributed by atoms with Gasteiger partial charge in [-0.25, -0.2) is 9.59 Å². The number of furan rings is 1. The third-order valence-corrected chi connectivity index (χ3v) is 5.25. The maximum absolute atomic E-state index is 12.3. The van der Waals surface area contributed by atoms with Crippen molar-refractivity contribution < 1.29 is 23.5 Å². The minimum absolute atomic E-state index is 0.175. The summed E-state index contributed by atoms with van der Waals surface area (Å²) in [5.74, 6) is 3.67. The molecule has 4 aromatic carbocycles. The highest BCUT2D eigenvalue weighted by molar-refractivity contribution is 5.92. The van der Waals surface area contributed by atoms with Crippen LogP contribution in [0.3, 0.4) is 0 Å². The van der Waals surface area contributed by atoms with Crippen LogP contribution in [0.4, 0.5) is 0 Å². The summed E-state index contributed by atoms with van der Waals surface area (Å²) in [6.07, 6.45) is 4.80. The van der Waals surface area contributed by atoms with E-state index in [0.29, 0.717) is 0 Å². The molecule has 35 heavy (non-hydrogen) atoms. The number of carbonyl (C=O) groups excluding carboxylic acids is 2. The highest BCUT2D eigenvalue weighted by atomic mass is 16.6. The van der Waals surface area contributed by atoms with Crippen molar-refractivity contribution in [1.29, 1.82) is 0 Å². The van der Waals surface area contributed by atoms with Crippen molar-refractivity contribution in [2.45, 2.75) is 0 Å². The summed E-state index contributed by atoms with van der Waals surface area (Å²) in [4.78, 5) is 24.5. The van der Waals surface area contributed by atoms with Gasteiger partial charge in [0, 0.05) is 11.1 Å². The molecule has 0 saturated carbocycles. The van der Waals surface area contributed by atoms with Crippen LogP contribution in [0.15, 0.2) is 101 Å². The van der Waals surface area contributed by atoms with Gasteiger partial charge < -0.3 is 13.9 Å². The molecule has 1 aromatic heterocycles. The molecule has 0 aliphatic rings. The van der Waals surface area contributed by atoms with Crippen LogP contribution in [0.25, 0.3) is 21.5 Å². The van der Waals surface area contributed by atoms with Gasteiger partial charge in [-0.15, -0.1) is 0 Å². The van der Waals surface area contributed by atoms with Crippen LogP contribution in [-0.4, -0.2) is 11.9 Å². The molecule has 0 aliphatic carbocycles. The molecule has 5 rings (SSSR count). The summed E-state index contributed by atoms with van der Waals surface area (Å²) in [5, 5.41) is 3.96. The predicted octanol–water partition coefficient (Wildman–Crippen LogP) is 5.92. The van der Waals surface area contributed by atoms with Gasteiger partial charge in [-0.1, -0.05) is 72.8 Å². The molecule has 5 nitrogen and oxygen atoms in total. The normalized spacial score (nSPS) is 10.1. The van der Waals surface area contributed by atoms with Crippen molar-refractivity contribution in [3.05, 3.63) is 120 Å². The summed E-state index contributed by atoms with van der Waals surface area (Å²) < 4.78 is 15.2. The third kappa shape index (κ3) is 4.75. The zero-order valence-electron chi connectivity index (χ0n) is 18.3. The molecule has 0 saturated heterocycles. The minimum Gasteiger partial charge on any atom is -0.442 e. The highest BCUT2D eigenvalue weighted by Crippen LogP contribution is 2.18. The number of fused-ring (bicyclic) bond motifs is 2. The van der Waals surface area contributed by atoms with Crippen molar-refractivity contribution in [2.75, 3.05) is 0 Å². The number of hydrogen-bond donors (Lipinski definition) is 0. The zero-order valence-corrected chi connectivity index (χ0v) is 18.3. The first kappa shape index (κ1) is 21.6. The molecule has 0 aliphatic heterocycles. The Bertz CT molecular complexity index is 1570. The summed E-state index contributed by atoms with van der Waals surface area (Å²) >= 11 is 0. The predicted molar refractivity (Wildman–Crippen MR) is 131 cm³/mol. The van der Waals surface area contributed by atoms with E-state index in [4.69, 9.17) is 13.9 Å². The summed E-state index contributed by atoms with van der Waals surface area (Å²) in [7, 11) is 0. The number of carbonyl (C=O) groups is 2. The number of ether oxygens (including phenoxy) is 2. The minimum atomic E-state index is -0.821. The molecule has 0 N–H and O–H groups in total. The van der Waals surface area contributed by atoms with Gasteiger partial charge in [0.05, 0.1) is 0 Å². The van der Waals surface area contributed by atoms with Crippen LogP contribution in [0.2, 0.25) is 0 Å². The van der Waals surface area contributed by atoms with Gasteiger partial charge in [-0.05, 0) is 57.7 Å². The molecule has 0 unspecified atom stereocenters. The van der Waals surface area contributed by atoms with Gasteiger partial charge in [-0.3, -0.25) is 0 Å². The van der Waals surface area contributed by atoms with E-state index in [-0.39, 0.29) is 11.5 Å². The van der Waals surface area contributed by atoms with E-state index in [1.54, 1.807) is 0 Å². The Morgan fingerprint density at radius 2 is 0.971 bits per heavy atom. The lowest BCUT2D eigenvalue weighted by molar-refractivity contribution is 0.0624. The second-order valence-electron chi connectivity index (χ2n) is 7.45. The molecule has 166 valence electrons. The number of rotatable bonds is 2. The number of hydrogen-bond acceptors (Lipinski definition) is 5. The van der Waals surface area contributed by atoms with Gasteiger partial charge in [0.15, 0.2) is 0 Å². The third-order valence-electron chi connectivity index (χ3n) is 5.25. The van der Waals surface area contributed by atoms with Gasteiger partial charge in [-0.2, -0.15) is 0 Å². The van der Waals surface area contributed by atoms with Crippen LogP contribution in [0.5, 0.6) is 0 Å². The first-order valence-corrected chi connectivity index (χ1v) is 10.7. The number of esters is 2. The lowest BCUT2D eigenvalue weighted by Crippen LogP contribution is -2.01.